The summed E-state index contributed by atoms with van der Waals surface area (Å²) in [5.41, 5.74) is 2.61. The molecule has 0 spiro atoms. The fraction of sp³-hybridized carbons (Fsp3) is 0.667. The summed E-state index contributed by atoms with van der Waals surface area (Å²) in [7, 11) is 16.7. The molecule has 0 saturated heterocycles. The molecule has 0 aromatic heterocycles. The largest absolute Gasteiger partial charge is 0.370 e. The number of hydrogen-bond donors (Lipinski definition) is 0. The summed E-state index contributed by atoms with van der Waals surface area (Å²) in [6, 6.07) is 0. The van der Waals surface area contributed by atoms with Gasteiger partial charge in [0.05, 0.1) is 0 Å². The highest BCUT2D eigenvalue weighted by Crippen LogP contribution is 2.19. The maximum absolute atomic E-state index is 2.18. The molecule has 0 atom stereocenters. The van der Waals surface area contributed by atoms with Crippen LogP contribution >= 0.6 is 0 Å². The Morgan fingerprint density at radius 3 is 1.00 bits per heavy atom. The third-order valence-electron chi connectivity index (χ3n) is 2.69. The summed E-state index contributed by atoms with van der Waals surface area (Å²) >= 11 is 0. The lowest BCUT2D eigenvalue weighted by atomic mass is 10.1. The fourth-order valence-corrected chi connectivity index (χ4v) is 2.08. The molecule has 16 heavy (non-hydrogen) atoms. The first-order valence-corrected chi connectivity index (χ1v) is 5.47. The minimum absolute atomic E-state index is 1.30. The van der Waals surface area contributed by atoms with Crippen molar-refractivity contribution in [3.8, 4) is 0 Å². The van der Waals surface area contributed by atoms with Gasteiger partial charge in [0.25, 0.3) is 10.7 Å². The Bertz CT molecular complexity index is 431. The molecule has 0 aliphatic rings. The molecule has 4 heteroatoms. The van der Waals surface area contributed by atoms with Crippen LogP contribution in [-0.4, -0.2) is 56.4 Å². The fourth-order valence-electron chi connectivity index (χ4n) is 2.08. The van der Waals surface area contributed by atoms with Crippen molar-refractivity contribution >= 4 is 11.4 Å². The molecule has 1 aromatic rings. The summed E-state index contributed by atoms with van der Waals surface area (Å²) in [4.78, 5) is 4.36. The first-order valence-electron chi connectivity index (χ1n) is 5.47. The van der Waals surface area contributed by atoms with E-state index in [0.717, 1.165) is 0 Å². The second-order valence-electron chi connectivity index (χ2n) is 4.97. The Hall–Kier alpha value is -1.32. The van der Waals surface area contributed by atoms with Gasteiger partial charge in [0.2, 0.25) is 0 Å². The molecule has 0 heterocycles. The van der Waals surface area contributed by atoms with E-state index in [2.05, 4.69) is 75.3 Å². The average Bonchev–Trinajstić information content (AvgIpc) is 1.97. The van der Waals surface area contributed by atoms with Gasteiger partial charge in [-0.2, -0.15) is 0 Å². The van der Waals surface area contributed by atoms with E-state index >= 15 is 0 Å². The highest BCUT2D eigenvalue weighted by atomic mass is 15.2. The lowest BCUT2D eigenvalue weighted by Crippen LogP contribution is -2.54. The van der Waals surface area contributed by atoms with Crippen LogP contribution in [0.2, 0.25) is 0 Å². The predicted molar refractivity (Wildman–Crippen MR) is 71.7 cm³/mol. The maximum atomic E-state index is 2.18. The number of hydrogen-bond acceptors (Lipinski definition) is 2. The lowest BCUT2D eigenvalue weighted by Gasteiger charge is -2.23. The Balaban J connectivity index is 3.73. The van der Waals surface area contributed by atoms with Crippen molar-refractivity contribution < 1.29 is 0 Å². The van der Waals surface area contributed by atoms with Crippen LogP contribution in [0.4, 0.5) is 11.4 Å². The van der Waals surface area contributed by atoms with Crippen molar-refractivity contribution in [2.45, 2.75) is 0 Å². The molecule has 1 rings (SSSR count). The highest BCUT2D eigenvalue weighted by Gasteiger charge is 2.30. The second kappa shape index (κ2) is 4.28. The third kappa shape index (κ3) is 1.84. The van der Waals surface area contributed by atoms with Crippen LogP contribution in [0.5, 0.6) is 0 Å². The van der Waals surface area contributed by atoms with E-state index in [1.165, 1.54) is 22.1 Å². The molecule has 0 radical (unpaired) electrons. The smallest absolute Gasteiger partial charge is 0.299 e. The first-order chi connectivity index (χ1) is 7.29. The van der Waals surface area contributed by atoms with Gasteiger partial charge >= 0.3 is 0 Å². The van der Waals surface area contributed by atoms with Crippen molar-refractivity contribution in [3.05, 3.63) is 10.7 Å². The van der Waals surface area contributed by atoms with Crippen molar-refractivity contribution in [1.29, 1.82) is 0 Å². The van der Waals surface area contributed by atoms with Gasteiger partial charge in [-0.05, 0) is 0 Å². The summed E-state index contributed by atoms with van der Waals surface area (Å²) in [5, 5.41) is 2.61. The molecule has 90 valence electrons. The van der Waals surface area contributed by atoms with E-state index in [4.69, 9.17) is 0 Å². The van der Waals surface area contributed by atoms with Gasteiger partial charge in [0.15, 0.2) is 0 Å². The summed E-state index contributed by atoms with van der Waals surface area (Å²) in [6.45, 7) is 0. The number of nitrogens with zero attached hydrogens (tertiary/aromatic N) is 4. The Morgan fingerprint density at radius 2 is 0.875 bits per heavy atom. The number of anilines is 2. The van der Waals surface area contributed by atoms with E-state index in [1.54, 1.807) is 0 Å². The molecule has 0 N–H and O–H groups in total. The van der Waals surface area contributed by atoms with E-state index in [-0.39, 0.29) is 0 Å². The molecular formula is C12H24N4+2. The van der Waals surface area contributed by atoms with Gasteiger partial charge in [-0.25, -0.2) is 9.15 Å². The van der Waals surface area contributed by atoms with Crippen LogP contribution in [0.15, 0.2) is 0 Å². The van der Waals surface area contributed by atoms with E-state index in [0.29, 0.717) is 0 Å². The third-order valence-corrected chi connectivity index (χ3v) is 2.69. The highest BCUT2D eigenvalue weighted by molar-refractivity contribution is 5.74. The quantitative estimate of drug-likeness (QED) is 0.583. The first kappa shape index (κ1) is 12.7. The van der Waals surface area contributed by atoms with E-state index in [9.17, 15) is 0 Å². The molecule has 0 fully saturated rings. The van der Waals surface area contributed by atoms with Crippen LogP contribution in [-0.2, 0) is 0 Å². The van der Waals surface area contributed by atoms with Gasteiger partial charge < -0.3 is 9.80 Å². The van der Waals surface area contributed by atoms with Crippen molar-refractivity contribution in [1.82, 2.24) is 9.15 Å². The van der Waals surface area contributed by atoms with Crippen molar-refractivity contribution in [2.24, 2.45) is 0 Å². The Labute approximate surface area is 98.1 Å². The maximum Gasteiger partial charge on any atom is 0.299 e. The molecule has 0 unspecified atom stereocenters. The normalized spacial score (nSPS) is 10.5. The topological polar surface area (TPSA) is 12.5 Å². The second-order valence-corrected chi connectivity index (χ2v) is 4.97. The van der Waals surface area contributed by atoms with Crippen LogP contribution in [0.25, 0.3) is 0 Å². The predicted octanol–water partition coefficient (Wildman–Crippen LogP) is -1.24. The van der Waals surface area contributed by atoms with Crippen molar-refractivity contribution in [3.63, 3.8) is 0 Å². The van der Waals surface area contributed by atoms with Gasteiger partial charge in [0.1, 0.15) is 39.6 Å². The SMILES string of the molecule is CN(C)c1c(N(C)C)c(=[N+](C)C)c1=[N+](C)C. The average molecular weight is 224 g/mol. The molecule has 4 nitrogen and oxygen atoms in total. The molecule has 0 aliphatic heterocycles. The Morgan fingerprint density at radius 1 is 0.625 bits per heavy atom. The van der Waals surface area contributed by atoms with E-state index < -0.39 is 0 Å². The van der Waals surface area contributed by atoms with Gasteiger partial charge in [-0.3, -0.25) is 0 Å². The summed E-state index contributed by atoms with van der Waals surface area (Å²) < 4.78 is 4.36. The molecule has 0 bridgehead atoms. The zero-order chi connectivity index (χ0) is 12.6. The summed E-state index contributed by atoms with van der Waals surface area (Å²) in [6.07, 6.45) is 0. The van der Waals surface area contributed by atoms with Gasteiger partial charge in [0, 0.05) is 28.2 Å². The van der Waals surface area contributed by atoms with Crippen LogP contribution < -0.4 is 29.7 Å². The van der Waals surface area contributed by atoms with E-state index in [1.807, 2.05) is 0 Å². The Kier molecular flexibility index (Phi) is 3.41. The van der Waals surface area contributed by atoms with Crippen LogP contribution in [0, 0.1) is 0 Å². The van der Waals surface area contributed by atoms with Crippen LogP contribution in [0.3, 0.4) is 0 Å². The lowest BCUT2D eigenvalue weighted by molar-refractivity contribution is 0.726. The van der Waals surface area contributed by atoms with Gasteiger partial charge in [-0.15, -0.1) is 0 Å². The zero-order valence-electron chi connectivity index (χ0n) is 11.8. The minimum atomic E-state index is 1.30. The van der Waals surface area contributed by atoms with Crippen molar-refractivity contribution in [2.75, 3.05) is 66.2 Å². The number of rotatable bonds is 2. The standard InChI is InChI=1S/C12H24N4/c1-13(2)9-10(14(3)4)12(16(7)8)11(9)15(5)6/h1-8H3/q+2. The minimum Gasteiger partial charge on any atom is -0.370 e. The van der Waals surface area contributed by atoms with Crippen LogP contribution in [0.1, 0.15) is 0 Å². The molecule has 0 amide bonds. The molecule has 1 aromatic carbocycles. The molecule has 0 saturated carbocycles. The molecular weight excluding hydrogens is 200 g/mol. The summed E-state index contributed by atoms with van der Waals surface area (Å²) in [5.74, 6) is 0. The van der Waals surface area contributed by atoms with Gasteiger partial charge in [-0.1, -0.05) is 0 Å². The zero-order valence-corrected chi connectivity index (χ0v) is 11.8. The molecule has 0 aliphatic carbocycles. The monoisotopic (exact) mass is 224 g/mol.